The molecule has 1 nitrogen and oxygen atoms in total. The van der Waals surface area contributed by atoms with E-state index in [1.807, 2.05) is 7.05 Å². The topological polar surface area (TPSA) is 12.0 Å². The molecule has 1 N–H and O–H groups in total. The molecule has 0 aromatic carbocycles. The number of halogens is 1. The Balaban J connectivity index is 3.62. The third-order valence-corrected chi connectivity index (χ3v) is 2.22. The molecule has 0 aliphatic carbocycles. The van der Waals surface area contributed by atoms with Gasteiger partial charge >= 0.3 is 0 Å². The molecule has 0 fully saturated rings. The Bertz CT molecular complexity index is 69.3. The van der Waals surface area contributed by atoms with Gasteiger partial charge in [-0.1, -0.05) is 6.92 Å². The van der Waals surface area contributed by atoms with Crippen LogP contribution >= 0.6 is 11.6 Å². The van der Waals surface area contributed by atoms with Crippen LogP contribution in [0, 0.1) is 0 Å². The van der Waals surface area contributed by atoms with Crippen molar-refractivity contribution in [3.63, 3.8) is 0 Å². The molecule has 1 atom stereocenters. The molecule has 1 unspecified atom stereocenters. The molecule has 0 bridgehead atoms. The average Bonchev–Trinajstić information content (AvgIpc) is 1.89. The summed E-state index contributed by atoms with van der Waals surface area (Å²) in [6.45, 7) is 4.36. The molecular weight excluding hydrogens is 134 g/mol. The number of rotatable bonds is 4. The summed E-state index contributed by atoms with van der Waals surface area (Å²) in [6, 6.07) is 0. The maximum Gasteiger partial charge on any atom is 0.0240 e. The molecule has 0 saturated carbocycles. The van der Waals surface area contributed by atoms with Crippen LogP contribution in [0.5, 0.6) is 0 Å². The molecule has 2 heteroatoms. The average molecular weight is 150 g/mol. The van der Waals surface area contributed by atoms with Gasteiger partial charge in [-0.05, 0) is 26.8 Å². The predicted molar refractivity (Wildman–Crippen MR) is 43.1 cm³/mol. The molecule has 0 aromatic heterocycles. The molecule has 0 radical (unpaired) electrons. The first-order chi connectivity index (χ1) is 4.18. The zero-order valence-electron chi connectivity index (χ0n) is 6.50. The van der Waals surface area contributed by atoms with Gasteiger partial charge in [-0.3, -0.25) is 0 Å². The number of hydrogen-bond donors (Lipinski definition) is 1. The minimum absolute atomic E-state index is 0.252. The fraction of sp³-hybridized carbons (Fsp3) is 1.00. The maximum absolute atomic E-state index is 5.60. The van der Waals surface area contributed by atoms with Crippen LogP contribution in [0.1, 0.15) is 26.7 Å². The van der Waals surface area contributed by atoms with E-state index in [9.17, 15) is 0 Å². The van der Waals surface area contributed by atoms with Crippen LogP contribution in [-0.2, 0) is 0 Å². The van der Waals surface area contributed by atoms with E-state index in [-0.39, 0.29) is 5.54 Å². The Morgan fingerprint density at radius 1 is 1.56 bits per heavy atom. The number of nitrogens with one attached hydrogen (secondary N) is 1. The summed E-state index contributed by atoms with van der Waals surface area (Å²) in [5.41, 5.74) is 0.252. The largest absolute Gasteiger partial charge is 0.315 e. The Kier molecular flexibility index (Phi) is 4.24. The van der Waals surface area contributed by atoms with Crippen molar-refractivity contribution < 1.29 is 0 Å². The lowest BCUT2D eigenvalue weighted by molar-refractivity contribution is 0.361. The van der Waals surface area contributed by atoms with Gasteiger partial charge in [-0.25, -0.2) is 0 Å². The summed E-state index contributed by atoms with van der Waals surface area (Å²) in [5, 5.41) is 3.24. The van der Waals surface area contributed by atoms with Crippen molar-refractivity contribution >= 4 is 11.6 Å². The Morgan fingerprint density at radius 2 is 2.11 bits per heavy atom. The molecule has 56 valence electrons. The second-order valence-corrected chi connectivity index (χ2v) is 2.98. The summed E-state index contributed by atoms with van der Waals surface area (Å²) < 4.78 is 0. The van der Waals surface area contributed by atoms with E-state index >= 15 is 0 Å². The van der Waals surface area contributed by atoms with Gasteiger partial charge in [0.2, 0.25) is 0 Å². The fourth-order valence-corrected chi connectivity index (χ4v) is 1.10. The molecule has 0 amide bonds. The summed E-state index contributed by atoms with van der Waals surface area (Å²) in [4.78, 5) is 0. The highest BCUT2D eigenvalue weighted by Gasteiger charge is 2.17. The van der Waals surface area contributed by atoms with Crippen molar-refractivity contribution in [1.82, 2.24) is 5.32 Å². The summed E-state index contributed by atoms with van der Waals surface area (Å²) in [6.07, 6.45) is 2.18. The predicted octanol–water partition coefficient (Wildman–Crippen LogP) is 2.00. The third-order valence-electron chi connectivity index (χ3n) is 2.03. The van der Waals surface area contributed by atoms with Gasteiger partial charge in [0.15, 0.2) is 0 Å². The molecule has 0 aliphatic rings. The molecule has 0 heterocycles. The van der Waals surface area contributed by atoms with Crippen molar-refractivity contribution in [3.8, 4) is 0 Å². The highest BCUT2D eigenvalue weighted by Crippen LogP contribution is 2.13. The van der Waals surface area contributed by atoms with E-state index in [0.717, 1.165) is 18.7 Å². The Morgan fingerprint density at radius 3 is 2.22 bits per heavy atom. The zero-order valence-corrected chi connectivity index (χ0v) is 7.26. The SMILES string of the molecule is CCC(C)(CCCl)NC. The lowest BCUT2D eigenvalue weighted by Gasteiger charge is -2.26. The Labute approximate surface area is 62.8 Å². The lowest BCUT2D eigenvalue weighted by Crippen LogP contribution is -2.39. The van der Waals surface area contributed by atoms with Crippen molar-refractivity contribution in [2.24, 2.45) is 0 Å². The number of hydrogen-bond acceptors (Lipinski definition) is 1. The van der Waals surface area contributed by atoms with Crippen LogP contribution in [0.2, 0.25) is 0 Å². The van der Waals surface area contributed by atoms with Gasteiger partial charge in [-0.2, -0.15) is 0 Å². The van der Waals surface area contributed by atoms with Gasteiger partial charge in [0.25, 0.3) is 0 Å². The quantitative estimate of drug-likeness (QED) is 0.603. The maximum atomic E-state index is 5.60. The fourth-order valence-electron chi connectivity index (χ4n) is 0.687. The van der Waals surface area contributed by atoms with Crippen molar-refractivity contribution in [2.45, 2.75) is 32.2 Å². The minimum atomic E-state index is 0.252. The first kappa shape index (κ1) is 9.25. The van der Waals surface area contributed by atoms with Gasteiger partial charge in [0.1, 0.15) is 0 Å². The summed E-state index contributed by atoms with van der Waals surface area (Å²) >= 11 is 5.60. The highest BCUT2D eigenvalue weighted by atomic mass is 35.5. The third kappa shape index (κ3) is 3.07. The first-order valence-electron chi connectivity index (χ1n) is 3.43. The molecule has 9 heavy (non-hydrogen) atoms. The van der Waals surface area contributed by atoms with Gasteiger partial charge < -0.3 is 5.32 Å². The number of alkyl halides is 1. The van der Waals surface area contributed by atoms with E-state index in [0.29, 0.717) is 0 Å². The van der Waals surface area contributed by atoms with E-state index in [2.05, 4.69) is 19.2 Å². The van der Waals surface area contributed by atoms with Gasteiger partial charge in [0.05, 0.1) is 0 Å². The minimum Gasteiger partial charge on any atom is -0.315 e. The normalized spacial score (nSPS) is 17.3. The molecule has 0 spiro atoms. The zero-order chi connectivity index (χ0) is 7.33. The van der Waals surface area contributed by atoms with Crippen LogP contribution < -0.4 is 5.32 Å². The van der Waals surface area contributed by atoms with Crippen LogP contribution in [0.25, 0.3) is 0 Å². The molecular formula is C7H16ClN. The molecule has 0 aromatic rings. The van der Waals surface area contributed by atoms with E-state index < -0.39 is 0 Å². The summed E-state index contributed by atoms with van der Waals surface area (Å²) in [5.74, 6) is 0.741. The van der Waals surface area contributed by atoms with E-state index in [1.165, 1.54) is 0 Å². The van der Waals surface area contributed by atoms with E-state index in [4.69, 9.17) is 11.6 Å². The molecule has 0 aliphatic heterocycles. The lowest BCUT2D eigenvalue weighted by atomic mass is 9.96. The first-order valence-corrected chi connectivity index (χ1v) is 3.97. The smallest absolute Gasteiger partial charge is 0.0240 e. The van der Waals surface area contributed by atoms with Crippen molar-refractivity contribution in [1.29, 1.82) is 0 Å². The van der Waals surface area contributed by atoms with Gasteiger partial charge in [0, 0.05) is 11.4 Å². The second kappa shape index (κ2) is 4.13. The van der Waals surface area contributed by atoms with Crippen LogP contribution in [0.15, 0.2) is 0 Å². The van der Waals surface area contributed by atoms with E-state index in [1.54, 1.807) is 0 Å². The standard InChI is InChI=1S/C7H16ClN/c1-4-7(2,9-3)5-6-8/h9H,4-6H2,1-3H3. The van der Waals surface area contributed by atoms with Crippen molar-refractivity contribution in [2.75, 3.05) is 12.9 Å². The van der Waals surface area contributed by atoms with Crippen LogP contribution in [-0.4, -0.2) is 18.5 Å². The summed E-state index contributed by atoms with van der Waals surface area (Å²) in [7, 11) is 1.98. The van der Waals surface area contributed by atoms with Crippen molar-refractivity contribution in [3.05, 3.63) is 0 Å². The van der Waals surface area contributed by atoms with Crippen LogP contribution in [0.3, 0.4) is 0 Å². The molecule has 0 saturated heterocycles. The van der Waals surface area contributed by atoms with Gasteiger partial charge in [-0.15, -0.1) is 11.6 Å². The molecule has 0 rings (SSSR count). The second-order valence-electron chi connectivity index (χ2n) is 2.60. The Hall–Kier alpha value is 0.250. The monoisotopic (exact) mass is 149 g/mol. The van der Waals surface area contributed by atoms with Crippen LogP contribution in [0.4, 0.5) is 0 Å². The highest BCUT2D eigenvalue weighted by molar-refractivity contribution is 6.17.